The van der Waals surface area contributed by atoms with Gasteiger partial charge in [0.05, 0.1) is 6.61 Å². The number of hydrogen-bond donors (Lipinski definition) is 1. The Hall–Kier alpha value is -2.43. The minimum absolute atomic E-state index is 0.145. The Balaban J connectivity index is 1.51. The molecular formula is C22H27NO4. The summed E-state index contributed by atoms with van der Waals surface area (Å²) in [4.78, 5) is 13.4. The van der Waals surface area contributed by atoms with Gasteiger partial charge < -0.3 is 19.5 Å². The van der Waals surface area contributed by atoms with Crippen LogP contribution in [0.1, 0.15) is 43.7 Å². The number of hydrogen-bond acceptors (Lipinski definition) is 4. The summed E-state index contributed by atoms with van der Waals surface area (Å²) in [6.07, 6.45) is 4.88. The molecule has 144 valence electrons. The van der Waals surface area contributed by atoms with Crippen molar-refractivity contribution in [1.29, 1.82) is 0 Å². The molecule has 2 atom stereocenters. The number of ether oxygens (including phenoxy) is 2. The van der Waals surface area contributed by atoms with E-state index in [1.807, 2.05) is 19.1 Å². The van der Waals surface area contributed by atoms with Gasteiger partial charge in [-0.1, -0.05) is 18.2 Å². The van der Waals surface area contributed by atoms with Gasteiger partial charge in [0, 0.05) is 30.5 Å². The van der Waals surface area contributed by atoms with Crippen LogP contribution < -0.4 is 4.74 Å². The highest BCUT2D eigenvalue weighted by Crippen LogP contribution is 2.51. The van der Waals surface area contributed by atoms with Crippen molar-refractivity contribution in [2.24, 2.45) is 11.8 Å². The molecule has 1 amide bonds. The minimum atomic E-state index is -0.243. The molecule has 5 heteroatoms. The van der Waals surface area contributed by atoms with E-state index in [0.29, 0.717) is 31.4 Å². The van der Waals surface area contributed by atoms with Crippen molar-refractivity contribution in [3.8, 4) is 11.5 Å². The number of likely N-dealkylation sites (tertiary alicyclic amines) is 1. The van der Waals surface area contributed by atoms with Crippen LogP contribution in [-0.4, -0.2) is 35.8 Å². The molecule has 5 nitrogen and oxygen atoms in total. The summed E-state index contributed by atoms with van der Waals surface area (Å²) < 4.78 is 11.0. The first-order valence-electron chi connectivity index (χ1n) is 9.77. The number of nitrogens with zero attached hydrogens (tertiary/aromatic N) is 1. The molecule has 27 heavy (non-hydrogen) atoms. The standard InChI is InChI=1S/C22H27NO4/c1-4-26-22(25)23-11-16(12-23)8-15-9-19(24)21-18-7-13(2)5-6-17(18)14(3)27-20(21)10-15/h7,9-10,16-18,24H,3-6,8,11-12H2,1-2H3. The van der Waals surface area contributed by atoms with E-state index in [9.17, 15) is 9.90 Å². The quantitative estimate of drug-likeness (QED) is 0.804. The van der Waals surface area contributed by atoms with Crippen LogP contribution >= 0.6 is 0 Å². The lowest BCUT2D eigenvalue weighted by Gasteiger charge is -2.39. The molecule has 1 aromatic rings. The second-order valence-electron chi connectivity index (χ2n) is 7.95. The number of carbonyl (C=O) groups excluding carboxylic acids is 1. The Morgan fingerprint density at radius 3 is 2.93 bits per heavy atom. The molecule has 0 saturated carbocycles. The normalized spacial score (nSPS) is 24.3. The molecule has 0 spiro atoms. The third kappa shape index (κ3) is 3.31. The van der Waals surface area contributed by atoms with Crippen LogP contribution in [0.25, 0.3) is 0 Å². The molecule has 2 unspecified atom stereocenters. The van der Waals surface area contributed by atoms with Crippen molar-refractivity contribution in [3.05, 3.63) is 47.2 Å². The number of phenols is 1. The average Bonchev–Trinajstić information content (AvgIpc) is 2.57. The lowest BCUT2D eigenvalue weighted by Crippen LogP contribution is -2.50. The molecule has 2 heterocycles. The van der Waals surface area contributed by atoms with E-state index in [4.69, 9.17) is 9.47 Å². The van der Waals surface area contributed by atoms with Gasteiger partial charge in [0.15, 0.2) is 0 Å². The monoisotopic (exact) mass is 369 g/mol. The van der Waals surface area contributed by atoms with E-state index in [0.717, 1.165) is 41.9 Å². The maximum Gasteiger partial charge on any atom is 0.409 e. The third-order valence-corrected chi connectivity index (χ3v) is 5.92. The number of amides is 1. The van der Waals surface area contributed by atoms with Gasteiger partial charge in [-0.15, -0.1) is 0 Å². The smallest absolute Gasteiger partial charge is 0.409 e. The van der Waals surface area contributed by atoms with Crippen LogP contribution in [0.4, 0.5) is 4.79 Å². The first-order chi connectivity index (χ1) is 13.0. The molecule has 4 rings (SSSR count). The van der Waals surface area contributed by atoms with Gasteiger partial charge >= 0.3 is 6.09 Å². The zero-order valence-electron chi connectivity index (χ0n) is 16.0. The summed E-state index contributed by atoms with van der Waals surface area (Å²) in [5, 5.41) is 10.7. The lowest BCUT2D eigenvalue weighted by molar-refractivity contribution is 0.0570. The molecule has 1 N–H and O–H groups in total. The van der Waals surface area contributed by atoms with Gasteiger partial charge in [0.25, 0.3) is 0 Å². The zero-order valence-corrected chi connectivity index (χ0v) is 16.0. The Morgan fingerprint density at radius 1 is 1.41 bits per heavy atom. The minimum Gasteiger partial charge on any atom is -0.507 e. The highest BCUT2D eigenvalue weighted by Gasteiger charge is 2.37. The zero-order chi connectivity index (χ0) is 19.1. The molecule has 0 aromatic heterocycles. The largest absolute Gasteiger partial charge is 0.507 e. The Labute approximate surface area is 160 Å². The SMILES string of the molecule is C=C1Oc2cc(CC3CN(C(=O)OCC)C3)cc(O)c2C2C=C(C)CCC12. The topological polar surface area (TPSA) is 59.0 Å². The van der Waals surface area contributed by atoms with Gasteiger partial charge in [-0.2, -0.15) is 0 Å². The maximum atomic E-state index is 11.7. The number of allylic oxidation sites excluding steroid dienone is 3. The number of phenolic OH excluding ortho intramolecular Hbond substituents is 1. The number of aromatic hydroxyl groups is 1. The summed E-state index contributed by atoms with van der Waals surface area (Å²) >= 11 is 0. The fourth-order valence-corrected chi connectivity index (χ4v) is 4.53. The van der Waals surface area contributed by atoms with Gasteiger partial charge in [-0.05, 0) is 56.7 Å². The molecule has 1 saturated heterocycles. The van der Waals surface area contributed by atoms with Gasteiger partial charge in [0.1, 0.15) is 17.3 Å². The van der Waals surface area contributed by atoms with Crippen molar-refractivity contribution < 1.29 is 19.4 Å². The lowest BCUT2D eigenvalue weighted by atomic mass is 9.74. The fourth-order valence-electron chi connectivity index (χ4n) is 4.53. The highest BCUT2D eigenvalue weighted by atomic mass is 16.6. The predicted octanol–water partition coefficient (Wildman–Crippen LogP) is 4.37. The molecule has 2 aliphatic heterocycles. The average molecular weight is 369 g/mol. The first-order valence-corrected chi connectivity index (χ1v) is 9.77. The molecule has 1 aliphatic carbocycles. The van der Waals surface area contributed by atoms with Crippen LogP contribution in [-0.2, 0) is 11.2 Å². The number of rotatable bonds is 3. The summed E-state index contributed by atoms with van der Waals surface area (Å²) in [5.74, 6) is 2.59. The summed E-state index contributed by atoms with van der Waals surface area (Å²) in [7, 11) is 0. The van der Waals surface area contributed by atoms with Crippen molar-refractivity contribution in [2.45, 2.75) is 39.0 Å². The Kier molecular flexibility index (Phi) is 4.62. The maximum absolute atomic E-state index is 11.7. The van der Waals surface area contributed by atoms with E-state index in [1.54, 1.807) is 4.90 Å². The van der Waals surface area contributed by atoms with Crippen molar-refractivity contribution in [1.82, 2.24) is 4.90 Å². The molecule has 1 aromatic carbocycles. The van der Waals surface area contributed by atoms with Crippen molar-refractivity contribution >= 4 is 6.09 Å². The van der Waals surface area contributed by atoms with E-state index in [1.165, 1.54) is 5.57 Å². The summed E-state index contributed by atoms with van der Waals surface area (Å²) in [6, 6.07) is 3.89. The number of fused-ring (bicyclic) bond motifs is 3. The number of carbonyl (C=O) groups is 1. The van der Waals surface area contributed by atoms with E-state index in [2.05, 4.69) is 19.6 Å². The van der Waals surface area contributed by atoms with E-state index in [-0.39, 0.29) is 17.9 Å². The predicted molar refractivity (Wildman–Crippen MR) is 103 cm³/mol. The second-order valence-corrected chi connectivity index (χ2v) is 7.95. The molecule has 1 fully saturated rings. The van der Waals surface area contributed by atoms with Crippen LogP contribution in [0.3, 0.4) is 0 Å². The summed E-state index contributed by atoms with van der Waals surface area (Å²) in [6.45, 7) is 9.86. The van der Waals surface area contributed by atoms with E-state index >= 15 is 0 Å². The van der Waals surface area contributed by atoms with Gasteiger partial charge in [-0.3, -0.25) is 0 Å². The van der Waals surface area contributed by atoms with Crippen LogP contribution in [0, 0.1) is 11.8 Å². The van der Waals surface area contributed by atoms with Gasteiger partial charge in [0.2, 0.25) is 0 Å². The van der Waals surface area contributed by atoms with Crippen LogP contribution in [0.2, 0.25) is 0 Å². The Bertz CT molecular complexity index is 807. The van der Waals surface area contributed by atoms with Crippen molar-refractivity contribution in [2.75, 3.05) is 19.7 Å². The Morgan fingerprint density at radius 2 is 2.19 bits per heavy atom. The fraction of sp³-hybridized carbons (Fsp3) is 0.500. The summed E-state index contributed by atoms with van der Waals surface area (Å²) in [5.41, 5.74) is 3.27. The van der Waals surface area contributed by atoms with Crippen LogP contribution in [0.5, 0.6) is 11.5 Å². The van der Waals surface area contributed by atoms with Gasteiger partial charge in [-0.25, -0.2) is 4.79 Å². The van der Waals surface area contributed by atoms with Crippen LogP contribution in [0.15, 0.2) is 36.1 Å². The van der Waals surface area contributed by atoms with E-state index < -0.39 is 0 Å². The second kappa shape index (κ2) is 6.95. The number of benzene rings is 1. The highest BCUT2D eigenvalue weighted by molar-refractivity contribution is 5.68. The molecular weight excluding hydrogens is 342 g/mol. The molecule has 0 bridgehead atoms. The first kappa shape index (κ1) is 18.0. The van der Waals surface area contributed by atoms with Crippen molar-refractivity contribution in [3.63, 3.8) is 0 Å². The molecule has 3 aliphatic rings. The third-order valence-electron chi connectivity index (χ3n) is 5.92. The molecule has 0 radical (unpaired) electrons.